The topological polar surface area (TPSA) is 84.9 Å². The van der Waals surface area contributed by atoms with Crippen molar-refractivity contribution in [1.82, 2.24) is 5.32 Å². The van der Waals surface area contributed by atoms with Gasteiger partial charge in [-0.1, -0.05) is 6.92 Å². The van der Waals surface area contributed by atoms with E-state index in [0.717, 1.165) is 6.42 Å². The lowest BCUT2D eigenvalue weighted by atomic mass is 10.3. The van der Waals surface area contributed by atoms with E-state index < -0.39 is 12.1 Å². The fourth-order valence-electron chi connectivity index (χ4n) is 0.838. The Hall–Kier alpha value is -1.14. The van der Waals surface area contributed by atoms with Crippen LogP contribution in [0.5, 0.6) is 0 Å². The van der Waals surface area contributed by atoms with Crippen molar-refractivity contribution in [1.29, 1.82) is 0 Å². The molecular weight excluding hydrogens is 202 g/mol. The Morgan fingerprint density at radius 2 is 2.13 bits per heavy atom. The summed E-state index contributed by atoms with van der Waals surface area (Å²) in [6.07, 6.45) is -0.177. The van der Waals surface area contributed by atoms with Crippen LogP contribution < -0.4 is 5.32 Å². The van der Waals surface area contributed by atoms with E-state index in [9.17, 15) is 9.59 Å². The second-order valence-electron chi connectivity index (χ2n) is 2.92. The summed E-state index contributed by atoms with van der Waals surface area (Å²) in [4.78, 5) is 21.6. The maximum absolute atomic E-state index is 11.1. The maximum atomic E-state index is 11.1. The van der Waals surface area contributed by atoms with E-state index in [-0.39, 0.29) is 19.1 Å². The molecule has 1 amide bonds. The molecule has 0 aromatic rings. The van der Waals surface area contributed by atoms with Gasteiger partial charge in [0.15, 0.2) is 6.10 Å². The molecule has 0 saturated heterocycles. The molecule has 0 aliphatic heterocycles. The van der Waals surface area contributed by atoms with Crippen molar-refractivity contribution in [2.45, 2.75) is 19.4 Å². The highest BCUT2D eigenvalue weighted by Crippen LogP contribution is 1.88. The molecule has 0 aromatic heterocycles. The first-order chi connectivity index (χ1) is 7.11. The Morgan fingerprint density at radius 3 is 2.60 bits per heavy atom. The second-order valence-corrected chi connectivity index (χ2v) is 2.92. The average molecular weight is 219 g/mol. The minimum Gasteiger partial charge on any atom is -0.479 e. The summed E-state index contributed by atoms with van der Waals surface area (Å²) in [5.74, 6) is -1.45. The van der Waals surface area contributed by atoms with E-state index >= 15 is 0 Å². The Balaban J connectivity index is 3.64. The van der Waals surface area contributed by atoms with Crippen LogP contribution in [0.3, 0.4) is 0 Å². The summed E-state index contributed by atoms with van der Waals surface area (Å²) in [6, 6.07) is 0. The number of carboxylic acids is 1. The zero-order valence-electron chi connectivity index (χ0n) is 8.99. The first-order valence-electron chi connectivity index (χ1n) is 4.71. The van der Waals surface area contributed by atoms with Gasteiger partial charge in [-0.2, -0.15) is 0 Å². The first-order valence-corrected chi connectivity index (χ1v) is 4.71. The molecule has 1 atom stereocenters. The SMILES string of the molecule is CCCOCC(=O)NCC(OC)C(=O)O. The van der Waals surface area contributed by atoms with E-state index in [2.05, 4.69) is 10.1 Å². The molecule has 0 aliphatic rings. The van der Waals surface area contributed by atoms with Gasteiger partial charge in [0.25, 0.3) is 0 Å². The molecule has 0 rings (SSSR count). The number of amides is 1. The fraction of sp³-hybridized carbons (Fsp3) is 0.778. The Bertz CT molecular complexity index is 207. The van der Waals surface area contributed by atoms with Gasteiger partial charge in [0.05, 0.1) is 6.54 Å². The summed E-state index contributed by atoms with van der Waals surface area (Å²) < 4.78 is 9.60. The summed E-state index contributed by atoms with van der Waals surface area (Å²) in [6.45, 7) is 2.34. The van der Waals surface area contributed by atoms with Crippen LogP contribution in [-0.4, -0.2) is 50.0 Å². The van der Waals surface area contributed by atoms with Gasteiger partial charge in [-0.3, -0.25) is 4.79 Å². The largest absolute Gasteiger partial charge is 0.479 e. The summed E-state index contributed by atoms with van der Waals surface area (Å²) >= 11 is 0. The number of carbonyl (C=O) groups is 2. The van der Waals surface area contributed by atoms with Crippen molar-refractivity contribution < 1.29 is 24.2 Å². The third-order valence-electron chi connectivity index (χ3n) is 1.63. The average Bonchev–Trinajstić information content (AvgIpc) is 2.18. The molecule has 1 unspecified atom stereocenters. The van der Waals surface area contributed by atoms with Crippen molar-refractivity contribution in [3.8, 4) is 0 Å². The predicted octanol–water partition coefficient (Wildman–Crippen LogP) is -0.371. The molecule has 0 bridgehead atoms. The number of methoxy groups -OCH3 is 1. The maximum Gasteiger partial charge on any atom is 0.334 e. The van der Waals surface area contributed by atoms with Gasteiger partial charge in [0.2, 0.25) is 5.91 Å². The van der Waals surface area contributed by atoms with Crippen LogP contribution >= 0.6 is 0 Å². The minimum absolute atomic E-state index is 0.0517. The third kappa shape index (κ3) is 6.87. The Labute approximate surface area is 88.6 Å². The summed E-state index contributed by atoms with van der Waals surface area (Å²) in [7, 11) is 1.28. The van der Waals surface area contributed by atoms with Crippen LogP contribution in [0, 0.1) is 0 Å². The van der Waals surface area contributed by atoms with Crippen molar-refractivity contribution >= 4 is 11.9 Å². The minimum atomic E-state index is -1.10. The number of carboxylic acid groups (broad SMARTS) is 1. The first kappa shape index (κ1) is 13.9. The molecule has 6 heteroatoms. The lowest BCUT2D eigenvalue weighted by Gasteiger charge is -2.11. The zero-order chi connectivity index (χ0) is 11.7. The highest BCUT2D eigenvalue weighted by molar-refractivity contribution is 5.78. The molecular formula is C9H17NO5. The fourth-order valence-corrected chi connectivity index (χ4v) is 0.838. The standard InChI is InChI=1S/C9H17NO5/c1-3-4-15-6-8(11)10-5-7(14-2)9(12)13/h7H,3-6H2,1-2H3,(H,10,11)(H,12,13). The normalized spacial score (nSPS) is 12.1. The van der Waals surface area contributed by atoms with Gasteiger partial charge in [-0.25, -0.2) is 4.79 Å². The second kappa shape index (κ2) is 8.19. The molecule has 0 heterocycles. The molecule has 15 heavy (non-hydrogen) atoms. The van der Waals surface area contributed by atoms with Crippen molar-refractivity contribution in [3.05, 3.63) is 0 Å². The summed E-state index contributed by atoms with van der Waals surface area (Å²) in [5.41, 5.74) is 0. The lowest BCUT2D eigenvalue weighted by molar-refractivity contribution is -0.148. The number of aliphatic carboxylic acids is 1. The van der Waals surface area contributed by atoms with Gasteiger partial charge < -0.3 is 19.9 Å². The van der Waals surface area contributed by atoms with Gasteiger partial charge >= 0.3 is 5.97 Å². The predicted molar refractivity (Wildman–Crippen MR) is 52.6 cm³/mol. The monoisotopic (exact) mass is 219 g/mol. The van der Waals surface area contributed by atoms with E-state index in [0.29, 0.717) is 6.61 Å². The van der Waals surface area contributed by atoms with Gasteiger partial charge in [-0.15, -0.1) is 0 Å². The molecule has 0 aliphatic carbocycles. The van der Waals surface area contributed by atoms with E-state index in [1.54, 1.807) is 0 Å². The van der Waals surface area contributed by atoms with Crippen LogP contribution in [0.2, 0.25) is 0 Å². The smallest absolute Gasteiger partial charge is 0.334 e. The zero-order valence-corrected chi connectivity index (χ0v) is 8.99. The van der Waals surface area contributed by atoms with Crippen molar-refractivity contribution in [2.24, 2.45) is 0 Å². The highest BCUT2D eigenvalue weighted by atomic mass is 16.5. The molecule has 0 aromatic carbocycles. The van der Waals surface area contributed by atoms with Crippen LogP contribution in [0.1, 0.15) is 13.3 Å². The quantitative estimate of drug-likeness (QED) is 0.544. The number of nitrogens with one attached hydrogen (secondary N) is 1. The van der Waals surface area contributed by atoms with Crippen molar-refractivity contribution in [2.75, 3.05) is 26.9 Å². The Morgan fingerprint density at radius 1 is 1.47 bits per heavy atom. The number of ether oxygens (including phenoxy) is 2. The van der Waals surface area contributed by atoms with Crippen LogP contribution in [0.4, 0.5) is 0 Å². The highest BCUT2D eigenvalue weighted by Gasteiger charge is 2.16. The molecule has 0 radical (unpaired) electrons. The van der Waals surface area contributed by atoms with Gasteiger partial charge in [0, 0.05) is 13.7 Å². The van der Waals surface area contributed by atoms with Crippen LogP contribution in [0.25, 0.3) is 0 Å². The van der Waals surface area contributed by atoms with E-state index in [4.69, 9.17) is 9.84 Å². The van der Waals surface area contributed by atoms with E-state index in [1.807, 2.05) is 6.92 Å². The third-order valence-corrected chi connectivity index (χ3v) is 1.63. The van der Waals surface area contributed by atoms with Crippen molar-refractivity contribution in [3.63, 3.8) is 0 Å². The lowest BCUT2D eigenvalue weighted by Crippen LogP contribution is -2.39. The molecule has 2 N–H and O–H groups in total. The number of hydrogen-bond acceptors (Lipinski definition) is 4. The molecule has 0 fully saturated rings. The summed E-state index contributed by atoms with van der Waals surface area (Å²) in [5, 5.41) is 11.0. The molecule has 88 valence electrons. The molecule has 0 saturated carbocycles. The van der Waals surface area contributed by atoms with Gasteiger partial charge in [0.1, 0.15) is 6.61 Å². The van der Waals surface area contributed by atoms with Crippen LogP contribution in [0.15, 0.2) is 0 Å². The van der Waals surface area contributed by atoms with Gasteiger partial charge in [-0.05, 0) is 6.42 Å². The Kier molecular flexibility index (Phi) is 7.57. The molecule has 6 nitrogen and oxygen atoms in total. The number of hydrogen-bond donors (Lipinski definition) is 2. The number of rotatable bonds is 8. The van der Waals surface area contributed by atoms with Crippen LogP contribution in [-0.2, 0) is 19.1 Å². The number of carbonyl (C=O) groups excluding carboxylic acids is 1. The van der Waals surface area contributed by atoms with E-state index in [1.165, 1.54) is 7.11 Å². The molecule has 0 spiro atoms.